The number of fused-ring (bicyclic) bond motifs is 1. The van der Waals surface area contributed by atoms with Crippen LogP contribution in [-0.2, 0) is 39.2 Å². The van der Waals surface area contributed by atoms with Crippen LogP contribution in [0.15, 0.2) is 101 Å². The Kier molecular flexibility index (Phi) is 14.1. The average molecular weight is 744 g/mol. The van der Waals surface area contributed by atoms with Crippen molar-refractivity contribution < 1.29 is 49.5 Å². The third kappa shape index (κ3) is 10.00. The zero-order chi connectivity index (χ0) is 36.4. The molecule has 0 fully saturated rings. The quantitative estimate of drug-likeness (QED) is 0.0307. The average Bonchev–Trinajstić information content (AvgIpc) is 3.03. The number of hydrogen-bond acceptors (Lipinski definition) is 16. The van der Waals surface area contributed by atoms with E-state index in [1.807, 2.05) is 27.7 Å². The number of azo groups is 2. The van der Waals surface area contributed by atoms with Crippen LogP contribution in [0.2, 0.25) is 0 Å². The van der Waals surface area contributed by atoms with Crippen LogP contribution in [-0.4, -0.2) is 52.7 Å². The monoisotopic (exact) mass is 743 g/mol. The number of phenolic OH excluding ortho intramolecular Hbond substituents is 1. The molecule has 4 aromatic carbocycles. The molecule has 0 radical (unpaired) electrons. The summed E-state index contributed by atoms with van der Waals surface area (Å²) in [6.45, 7) is 8.00. The lowest BCUT2D eigenvalue weighted by Crippen LogP contribution is -2.00. The number of benzene rings is 4. The highest BCUT2D eigenvalue weighted by molar-refractivity contribution is 7.94. The maximum atomic E-state index is 12.3. The van der Waals surface area contributed by atoms with E-state index in [9.17, 15) is 34.9 Å². The second-order valence-corrected chi connectivity index (χ2v) is 15.1. The minimum Gasteiger partial charge on any atom is -0.505 e. The molecule has 0 amide bonds. The molecule has 0 aliphatic carbocycles. The molecular formula is C28H33N5O11S4. The fraction of sp³-hybridized carbons (Fsp3) is 0.214. The standard InChI is InChI=1S/C24H21N5O11S4.2C2H6/c1-42(32,33)16-7-3-14(4-8-16)26-28-22-18(41-40-39-31)11-13-12-19(44(36,37)38)23(24(30)20(13)21(22)25)29-27-15-5-9-17(10-6-15)43(2,34)35;2*1-2/h3-12,30-31H,25H2,1-2H3,(H,36,37,38);2*1-2H3. The number of sulfone groups is 2. The maximum absolute atomic E-state index is 12.3. The maximum Gasteiger partial charge on any atom is 0.296 e. The van der Waals surface area contributed by atoms with Crippen LogP contribution in [0.4, 0.5) is 28.4 Å². The summed E-state index contributed by atoms with van der Waals surface area (Å²) in [5.74, 6) is -0.825. The molecule has 0 unspecified atom stereocenters. The molecule has 0 aromatic heterocycles. The van der Waals surface area contributed by atoms with Gasteiger partial charge in [0.05, 0.1) is 49.2 Å². The first kappa shape index (κ1) is 40.2. The third-order valence-electron chi connectivity index (χ3n) is 5.81. The zero-order valence-electron chi connectivity index (χ0n) is 26.4. The molecule has 0 heterocycles. The molecule has 0 aliphatic heterocycles. The largest absolute Gasteiger partial charge is 0.505 e. The summed E-state index contributed by atoms with van der Waals surface area (Å²) < 4.78 is 85.8. The first-order chi connectivity index (χ1) is 22.5. The van der Waals surface area contributed by atoms with E-state index >= 15 is 0 Å². The smallest absolute Gasteiger partial charge is 0.296 e. The highest BCUT2D eigenvalue weighted by atomic mass is 32.2. The fourth-order valence-corrected chi connectivity index (χ4v) is 6.19. The van der Waals surface area contributed by atoms with Gasteiger partial charge in [0.25, 0.3) is 10.1 Å². The Morgan fingerprint density at radius 3 is 1.54 bits per heavy atom. The Balaban J connectivity index is 0.00000193. The van der Waals surface area contributed by atoms with Gasteiger partial charge in [-0.05, 0) is 66.0 Å². The van der Waals surface area contributed by atoms with E-state index in [0.717, 1.165) is 18.6 Å². The van der Waals surface area contributed by atoms with Gasteiger partial charge >= 0.3 is 0 Å². The van der Waals surface area contributed by atoms with Gasteiger partial charge in [-0.15, -0.1) is 14.6 Å². The summed E-state index contributed by atoms with van der Waals surface area (Å²) in [6, 6.07) is 12.6. The summed E-state index contributed by atoms with van der Waals surface area (Å²) in [5.41, 5.74) is 5.47. The van der Waals surface area contributed by atoms with Crippen molar-refractivity contribution in [1.82, 2.24) is 0 Å². The molecular weight excluding hydrogens is 711 g/mol. The number of aromatic hydroxyl groups is 1. The number of nitrogens with zero attached hydrogens (tertiary/aromatic N) is 4. The molecule has 0 bridgehead atoms. The summed E-state index contributed by atoms with van der Waals surface area (Å²) in [6.07, 6.45) is 2.04. The number of rotatable bonds is 10. The molecule has 0 saturated heterocycles. The molecule has 0 saturated carbocycles. The van der Waals surface area contributed by atoms with Crippen molar-refractivity contribution in [3.8, 4) is 5.75 Å². The molecule has 260 valence electrons. The molecule has 0 aliphatic rings. The van der Waals surface area contributed by atoms with E-state index in [1.165, 1.54) is 54.6 Å². The van der Waals surface area contributed by atoms with Gasteiger partial charge in [0, 0.05) is 12.5 Å². The molecule has 0 atom stereocenters. The van der Waals surface area contributed by atoms with Gasteiger partial charge in [-0.3, -0.25) is 4.55 Å². The van der Waals surface area contributed by atoms with Gasteiger partial charge in [0.15, 0.2) is 25.4 Å². The highest BCUT2D eigenvalue weighted by Crippen LogP contribution is 2.49. The molecule has 4 rings (SSSR count). The second kappa shape index (κ2) is 16.9. The Hall–Kier alpha value is -4.02. The highest BCUT2D eigenvalue weighted by Gasteiger charge is 2.26. The number of phenols is 1. The van der Waals surface area contributed by atoms with E-state index in [0.29, 0.717) is 12.0 Å². The van der Waals surface area contributed by atoms with Crippen LogP contribution >= 0.6 is 12.0 Å². The van der Waals surface area contributed by atoms with E-state index in [4.69, 9.17) is 11.0 Å². The van der Waals surface area contributed by atoms with Crippen LogP contribution in [0.1, 0.15) is 27.7 Å². The van der Waals surface area contributed by atoms with Gasteiger partial charge in [0.2, 0.25) is 0 Å². The third-order valence-corrected chi connectivity index (χ3v) is 9.55. The number of hydrogen-bond donors (Lipinski definition) is 4. The minimum absolute atomic E-state index is 0.00147. The minimum atomic E-state index is -5.01. The van der Waals surface area contributed by atoms with Crippen LogP contribution < -0.4 is 5.73 Å². The van der Waals surface area contributed by atoms with Gasteiger partial charge in [-0.2, -0.15) is 18.6 Å². The SMILES string of the molecule is CC.CC.CS(=O)(=O)c1ccc(N=Nc2c(SOOO)cc3cc(S(=O)(=O)O)c(N=Nc4ccc(S(C)(=O)=O)cc4)c(O)c3c2N)cc1. The lowest BCUT2D eigenvalue weighted by atomic mass is 10.1. The Morgan fingerprint density at radius 1 is 0.708 bits per heavy atom. The predicted octanol–water partition coefficient (Wildman–Crippen LogP) is 7.49. The lowest BCUT2D eigenvalue weighted by molar-refractivity contribution is -0.432. The lowest BCUT2D eigenvalue weighted by Gasteiger charge is -2.14. The van der Waals surface area contributed by atoms with Crippen molar-refractivity contribution in [2.75, 3.05) is 18.2 Å². The number of nitrogens with two attached hydrogens (primary N) is 1. The summed E-state index contributed by atoms with van der Waals surface area (Å²) in [4.78, 5) is -0.816. The molecule has 4 aromatic rings. The van der Waals surface area contributed by atoms with Crippen LogP contribution in [0, 0.1) is 0 Å². The summed E-state index contributed by atoms with van der Waals surface area (Å²) >= 11 is 0.387. The van der Waals surface area contributed by atoms with Gasteiger partial charge in [0.1, 0.15) is 16.3 Å². The molecule has 20 heteroatoms. The van der Waals surface area contributed by atoms with E-state index < -0.39 is 46.1 Å². The van der Waals surface area contributed by atoms with Crippen molar-refractivity contribution in [1.29, 1.82) is 0 Å². The van der Waals surface area contributed by atoms with Gasteiger partial charge < -0.3 is 10.8 Å². The first-order valence-corrected chi connectivity index (χ1v) is 19.7. The van der Waals surface area contributed by atoms with E-state index in [1.54, 1.807) is 0 Å². The fourth-order valence-electron chi connectivity index (χ4n) is 3.76. The Bertz CT molecular complexity index is 2140. The van der Waals surface area contributed by atoms with Crippen molar-refractivity contribution in [2.24, 2.45) is 20.5 Å². The van der Waals surface area contributed by atoms with Crippen LogP contribution in [0.25, 0.3) is 10.8 Å². The van der Waals surface area contributed by atoms with Gasteiger partial charge in [-0.25, -0.2) is 22.1 Å². The molecule has 16 nitrogen and oxygen atoms in total. The normalized spacial score (nSPS) is 12.1. The number of anilines is 1. The molecule has 48 heavy (non-hydrogen) atoms. The van der Waals surface area contributed by atoms with Crippen LogP contribution in [0.3, 0.4) is 0 Å². The first-order valence-electron chi connectivity index (χ1n) is 13.7. The Morgan fingerprint density at radius 2 is 1.15 bits per heavy atom. The number of nitrogen functional groups attached to an aromatic ring is 1. The second-order valence-electron chi connectivity index (χ2n) is 8.94. The van der Waals surface area contributed by atoms with Crippen molar-refractivity contribution in [2.45, 2.75) is 47.3 Å². The van der Waals surface area contributed by atoms with E-state index in [-0.39, 0.29) is 48.2 Å². The van der Waals surface area contributed by atoms with E-state index in [2.05, 4.69) is 29.8 Å². The topological polar surface area (TPSA) is 257 Å². The summed E-state index contributed by atoms with van der Waals surface area (Å²) in [7, 11) is -12.0. The van der Waals surface area contributed by atoms with Crippen molar-refractivity contribution in [3.63, 3.8) is 0 Å². The summed E-state index contributed by atoms with van der Waals surface area (Å²) in [5, 5.41) is 38.9. The Labute approximate surface area is 282 Å². The van der Waals surface area contributed by atoms with Crippen LogP contribution in [0.5, 0.6) is 5.75 Å². The molecule has 0 spiro atoms. The van der Waals surface area contributed by atoms with Crippen molar-refractivity contribution in [3.05, 3.63) is 60.7 Å². The van der Waals surface area contributed by atoms with Crippen molar-refractivity contribution >= 4 is 81.0 Å². The zero-order valence-corrected chi connectivity index (χ0v) is 29.6. The molecule has 5 N–H and O–H groups in total. The van der Waals surface area contributed by atoms with Gasteiger partial charge in [-0.1, -0.05) is 32.7 Å². The predicted molar refractivity (Wildman–Crippen MR) is 181 cm³/mol.